The minimum Gasteiger partial charge on any atom is -0.493 e. The Kier molecular flexibility index (Phi) is 4.97. The molecule has 0 atom stereocenters. The van der Waals surface area contributed by atoms with Crippen LogP contribution < -0.4 is 19.5 Å². The van der Waals surface area contributed by atoms with Gasteiger partial charge in [0.15, 0.2) is 11.5 Å². The zero-order valence-electron chi connectivity index (χ0n) is 15.2. The molecule has 0 bridgehead atoms. The van der Waals surface area contributed by atoms with Gasteiger partial charge in [-0.1, -0.05) is 6.07 Å². The lowest BCUT2D eigenvalue weighted by molar-refractivity contribution is 0.0949. The molecule has 3 rings (SSSR count). The van der Waals surface area contributed by atoms with Crippen molar-refractivity contribution in [1.29, 1.82) is 0 Å². The number of amides is 1. The summed E-state index contributed by atoms with van der Waals surface area (Å²) < 4.78 is 15.8. The van der Waals surface area contributed by atoms with Crippen LogP contribution in [0.3, 0.4) is 0 Å². The Morgan fingerprint density at radius 2 is 1.77 bits per heavy atom. The Balaban J connectivity index is 1.78. The standard InChI is InChI=1S/C19H21N3O4/c1-11-5-6-13-14(7-11)22-17(21-13)10-20-19(23)12-8-15(24-2)18(26-4)16(9-12)25-3/h5-9H,10H2,1-4H3,(H,20,23)(H,21,22). The third-order valence-electron chi connectivity index (χ3n) is 4.03. The monoisotopic (exact) mass is 355 g/mol. The maximum Gasteiger partial charge on any atom is 0.251 e. The molecule has 2 N–H and O–H groups in total. The number of carbonyl (C=O) groups excluding carboxylic acids is 1. The summed E-state index contributed by atoms with van der Waals surface area (Å²) in [5, 5.41) is 2.85. The topological polar surface area (TPSA) is 85.5 Å². The summed E-state index contributed by atoms with van der Waals surface area (Å²) in [5.74, 6) is 1.72. The molecule has 0 saturated carbocycles. The Morgan fingerprint density at radius 3 is 2.38 bits per heavy atom. The summed E-state index contributed by atoms with van der Waals surface area (Å²) in [6.45, 7) is 2.30. The quantitative estimate of drug-likeness (QED) is 0.710. The predicted octanol–water partition coefficient (Wildman–Crippen LogP) is 2.83. The lowest BCUT2D eigenvalue weighted by atomic mass is 10.1. The maximum atomic E-state index is 12.5. The van der Waals surface area contributed by atoms with Gasteiger partial charge in [0.05, 0.1) is 38.9 Å². The fourth-order valence-electron chi connectivity index (χ4n) is 2.74. The molecule has 1 amide bonds. The van der Waals surface area contributed by atoms with E-state index in [1.807, 2.05) is 25.1 Å². The molecule has 136 valence electrons. The van der Waals surface area contributed by atoms with E-state index >= 15 is 0 Å². The van der Waals surface area contributed by atoms with Crippen LogP contribution in [0.1, 0.15) is 21.7 Å². The van der Waals surface area contributed by atoms with Crippen molar-refractivity contribution in [2.45, 2.75) is 13.5 Å². The Hall–Kier alpha value is -3.22. The van der Waals surface area contributed by atoms with Crippen LogP contribution in [-0.2, 0) is 6.54 Å². The van der Waals surface area contributed by atoms with Gasteiger partial charge in [-0.25, -0.2) is 4.98 Å². The molecule has 0 aliphatic rings. The summed E-state index contributed by atoms with van der Waals surface area (Å²) in [6.07, 6.45) is 0. The summed E-state index contributed by atoms with van der Waals surface area (Å²) in [6, 6.07) is 9.19. The molecule has 26 heavy (non-hydrogen) atoms. The van der Waals surface area contributed by atoms with Gasteiger partial charge in [-0.15, -0.1) is 0 Å². The zero-order chi connectivity index (χ0) is 18.7. The van der Waals surface area contributed by atoms with E-state index in [1.165, 1.54) is 21.3 Å². The smallest absolute Gasteiger partial charge is 0.251 e. The largest absolute Gasteiger partial charge is 0.493 e. The number of hydrogen-bond acceptors (Lipinski definition) is 5. The fourth-order valence-corrected chi connectivity index (χ4v) is 2.74. The average Bonchev–Trinajstić information content (AvgIpc) is 3.06. The summed E-state index contributed by atoms with van der Waals surface area (Å²) in [4.78, 5) is 20.2. The molecule has 3 aromatic rings. The SMILES string of the molecule is COc1cc(C(=O)NCc2nc3ccc(C)cc3[nH]2)cc(OC)c1OC. The first-order valence-corrected chi connectivity index (χ1v) is 8.09. The number of rotatable bonds is 6. The van der Waals surface area contributed by atoms with Gasteiger partial charge in [0.2, 0.25) is 5.75 Å². The molecule has 0 unspecified atom stereocenters. The minimum absolute atomic E-state index is 0.263. The van der Waals surface area contributed by atoms with Gasteiger partial charge in [0.25, 0.3) is 5.91 Å². The summed E-state index contributed by atoms with van der Waals surface area (Å²) in [5.41, 5.74) is 3.37. The first-order chi connectivity index (χ1) is 12.5. The fraction of sp³-hybridized carbons (Fsp3) is 0.263. The number of nitrogens with one attached hydrogen (secondary N) is 2. The molecular weight excluding hydrogens is 334 g/mol. The minimum atomic E-state index is -0.263. The predicted molar refractivity (Wildman–Crippen MR) is 98.1 cm³/mol. The molecule has 0 saturated heterocycles. The third-order valence-corrected chi connectivity index (χ3v) is 4.03. The van der Waals surface area contributed by atoms with Crippen LogP contribution in [0.25, 0.3) is 11.0 Å². The van der Waals surface area contributed by atoms with Gasteiger partial charge in [0, 0.05) is 5.56 Å². The zero-order valence-corrected chi connectivity index (χ0v) is 15.2. The van der Waals surface area contributed by atoms with Crippen LogP contribution >= 0.6 is 0 Å². The second-order valence-electron chi connectivity index (χ2n) is 5.80. The van der Waals surface area contributed by atoms with Crippen molar-refractivity contribution in [3.05, 3.63) is 47.3 Å². The molecule has 0 radical (unpaired) electrons. The van der Waals surface area contributed by atoms with Crippen LogP contribution in [0.5, 0.6) is 17.2 Å². The van der Waals surface area contributed by atoms with Gasteiger partial charge in [-0.3, -0.25) is 4.79 Å². The van der Waals surface area contributed by atoms with Crippen molar-refractivity contribution in [3.63, 3.8) is 0 Å². The Bertz CT molecular complexity index is 924. The second kappa shape index (κ2) is 7.35. The number of benzene rings is 2. The molecule has 0 spiro atoms. The summed E-state index contributed by atoms with van der Waals surface area (Å²) >= 11 is 0. The number of carbonyl (C=O) groups is 1. The van der Waals surface area contributed by atoms with Crippen LogP contribution in [0.2, 0.25) is 0 Å². The van der Waals surface area contributed by atoms with E-state index in [0.717, 1.165) is 16.6 Å². The van der Waals surface area contributed by atoms with Crippen molar-refractivity contribution in [2.24, 2.45) is 0 Å². The van der Waals surface area contributed by atoms with E-state index < -0.39 is 0 Å². The number of nitrogens with zero attached hydrogens (tertiary/aromatic N) is 1. The lowest BCUT2D eigenvalue weighted by Crippen LogP contribution is -2.23. The number of hydrogen-bond donors (Lipinski definition) is 2. The van der Waals surface area contributed by atoms with E-state index in [0.29, 0.717) is 28.6 Å². The number of aryl methyl sites for hydroxylation is 1. The molecule has 1 aromatic heterocycles. The molecule has 0 aliphatic carbocycles. The van der Waals surface area contributed by atoms with Crippen LogP contribution in [0, 0.1) is 6.92 Å². The second-order valence-corrected chi connectivity index (χ2v) is 5.80. The van der Waals surface area contributed by atoms with Crippen molar-refractivity contribution in [3.8, 4) is 17.2 Å². The van der Waals surface area contributed by atoms with E-state index in [2.05, 4.69) is 15.3 Å². The Morgan fingerprint density at radius 1 is 1.08 bits per heavy atom. The van der Waals surface area contributed by atoms with Crippen LogP contribution in [-0.4, -0.2) is 37.2 Å². The number of fused-ring (bicyclic) bond motifs is 1. The van der Waals surface area contributed by atoms with Crippen molar-refractivity contribution >= 4 is 16.9 Å². The number of aromatic nitrogens is 2. The number of H-pyrrole nitrogens is 1. The van der Waals surface area contributed by atoms with Crippen molar-refractivity contribution < 1.29 is 19.0 Å². The van der Waals surface area contributed by atoms with Crippen LogP contribution in [0.4, 0.5) is 0 Å². The molecular formula is C19H21N3O4. The van der Waals surface area contributed by atoms with E-state index in [-0.39, 0.29) is 12.5 Å². The number of methoxy groups -OCH3 is 3. The van der Waals surface area contributed by atoms with Gasteiger partial charge in [0.1, 0.15) is 5.82 Å². The highest BCUT2D eigenvalue weighted by atomic mass is 16.5. The molecule has 1 heterocycles. The highest BCUT2D eigenvalue weighted by molar-refractivity contribution is 5.95. The molecule has 2 aromatic carbocycles. The van der Waals surface area contributed by atoms with Crippen molar-refractivity contribution in [2.75, 3.05) is 21.3 Å². The average molecular weight is 355 g/mol. The highest BCUT2D eigenvalue weighted by Gasteiger charge is 2.17. The molecule has 0 fully saturated rings. The van der Waals surface area contributed by atoms with E-state index in [9.17, 15) is 4.79 Å². The van der Waals surface area contributed by atoms with Crippen LogP contribution in [0.15, 0.2) is 30.3 Å². The lowest BCUT2D eigenvalue weighted by Gasteiger charge is -2.13. The van der Waals surface area contributed by atoms with E-state index in [1.54, 1.807) is 12.1 Å². The molecule has 7 nitrogen and oxygen atoms in total. The first kappa shape index (κ1) is 17.6. The summed E-state index contributed by atoms with van der Waals surface area (Å²) in [7, 11) is 4.54. The molecule has 0 aliphatic heterocycles. The number of imidazole rings is 1. The number of ether oxygens (including phenoxy) is 3. The van der Waals surface area contributed by atoms with Gasteiger partial charge in [-0.05, 0) is 36.8 Å². The third kappa shape index (κ3) is 3.42. The Labute approximate surface area is 151 Å². The number of aromatic amines is 1. The van der Waals surface area contributed by atoms with Gasteiger partial charge in [-0.2, -0.15) is 0 Å². The molecule has 7 heteroatoms. The van der Waals surface area contributed by atoms with Gasteiger partial charge >= 0.3 is 0 Å². The normalized spacial score (nSPS) is 10.6. The van der Waals surface area contributed by atoms with Crippen molar-refractivity contribution in [1.82, 2.24) is 15.3 Å². The van der Waals surface area contributed by atoms with E-state index in [4.69, 9.17) is 14.2 Å². The highest BCUT2D eigenvalue weighted by Crippen LogP contribution is 2.38. The maximum absolute atomic E-state index is 12.5. The van der Waals surface area contributed by atoms with Gasteiger partial charge < -0.3 is 24.5 Å². The first-order valence-electron chi connectivity index (χ1n) is 8.09.